The molecule has 0 aromatic carbocycles. The van der Waals surface area contributed by atoms with E-state index in [1.54, 1.807) is 0 Å². The van der Waals surface area contributed by atoms with E-state index in [-0.39, 0.29) is 23.0 Å². The van der Waals surface area contributed by atoms with Crippen LogP contribution in [0.3, 0.4) is 0 Å². The fourth-order valence-corrected chi connectivity index (χ4v) is 2.79. The zero-order valence-electron chi connectivity index (χ0n) is 15.0. The summed E-state index contributed by atoms with van der Waals surface area (Å²) in [4.78, 5) is 25.1. The molecule has 3 atom stereocenters. The van der Waals surface area contributed by atoms with Gasteiger partial charge in [0.15, 0.2) is 5.78 Å². The standard InChI is InChI=1S/C18H33NO2/c1-11(2)9-12-10-13(12)16(21)19-14(17(3,4)5)15(20)18(6,7)8/h11-14H,9-10H2,1-8H3,(H,19,21)/t12-,13-,14?/m1/s1. The lowest BCUT2D eigenvalue weighted by molar-refractivity contribution is -0.135. The number of nitrogens with one attached hydrogen (secondary N) is 1. The van der Waals surface area contributed by atoms with Gasteiger partial charge in [0, 0.05) is 11.3 Å². The highest BCUT2D eigenvalue weighted by Gasteiger charge is 2.46. The molecule has 0 heterocycles. The molecule has 3 heteroatoms. The van der Waals surface area contributed by atoms with Gasteiger partial charge in [-0.25, -0.2) is 0 Å². The highest BCUT2D eigenvalue weighted by atomic mass is 16.2. The average molecular weight is 295 g/mol. The lowest BCUT2D eigenvalue weighted by Gasteiger charge is -2.34. The second kappa shape index (κ2) is 6.10. The van der Waals surface area contributed by atoms with Gasteiger partial charge in [0.05, 0.1) is 6.04 Å². The number of ketones is 1. The van der Waals surface area contributed by atoms with E-state index >= 15 is 0 Å². The van der Waals surface area contributed by atoms with Gasteiger partial charge in [0.1, 0.15) is 0 Å². The van der Waals surface area contributed by atoms with Crippen LogP contribution in [0.2, 0.25) is 0 Å². The van der Waals surface area contributed by atoms with Crippen molar-refractivity contribution in [2.45, 2.75) is 74.3 Å². The Morgan fingerprint density at radius 1 is 1.10 bits per heavy atom. The molecule has 1 fully saturated rings. The van der Waals surface area contributed by atoms with Gasteiger partial charge in [-0.05, 0) is 30.1 Å². The number of hydrogen-bond acceptors (Lipinski definition) is 2. The Morgan fingerprint density at radius 2 is 1.62 bits per heavy atom. The summed E-state index contributed by atoms with van der Waals surface area (Å²) in [5.41, 5.74) is -0.700. The van der Waals surface area contributed by atoms with Crippen LogP contribution in [0.5, 0.6) is 0 Å². The zero-order valence-corrected chi connectivity index (χ0v) is 15.0. The summed E-state index contributed by atoms with van der Waals surface area (Å²) in [5.74, 6) is 1.44. The number of amides is 1. The van der Waals surface area contributed by atoms with E-state index in [0.29, 0.717) is 11.8 Å². The fraction of sp³-hybridized carbons (Fsp3) is 0.889. The maximum atomic E-state index is 12.6. The monoisotopic (exact) mass is 295 g/mol. The molecule has 0 aromatic heterocycles. The molecule has 1 aliphatic carbocycles. The van der Waals surface area contributed by atoms with Crippen molar-refractivity contribution in [1.29, 1.82) is 0 Å². The summed E-state index contributed by atoms with van der Waals surface area (Å²) in [5, 5.41) is 3.04. The van der Waals surface area contributed by atoms with Crippen LogP contribution >= 0.6 is 0 Å². The van der Waals surface area contributed by atoms with Crippen molar-refractivity contribution in [1.82, 2.24) is 5.32 Å². The minimum Gasteiger partial charge on any atom is -0.345 e. The smallest absolute Gasteiger partial charge is 0.224 e. The third kappa shape index (κ3) is 5.12. The summed E-state index contributed by atoms with van der Waals surface area (Å²) in [7, 11) is 0. The zero-order chi connectivity index (χ0) is 16.6. The maximum Gasteiger partial charge on any atom is 0.224 e. The van der Waals surface area contributed by atoms with Crippen LogP contribution in [-0.2, 0) is 9.59 Å². The van der Waals surface area contributed by atoms with Crippen LogP contribution in [0, 0.1) is 28.6 Å². The molecule has 0 aromatic rings. The first-order valence-electron chi connectivity index (χ1n) is 8.18. The van der Waals surface area contributed by atoms with Gasteiger partial charge in [-0.1, -0.05) is 55.4 Å². The average Bonchev–Trinajstić information content (AvgIpc) is 3.00. The van der Waals surface area contributed by atoms with Crippen molar-refractivity contribution < 1.29 is 9.59 Å². The van der Waals surface area contributed by atoms with Crippen molar-refractivity contribution in [3.63, 3.8) is 0 Å². The summed E-state index contributed by atoms with van der Waals surface area (Å²) >= 11 is 0. The van der Waals surface area contributed by atoms with Crippen LogP contribution < -0.4 is 5.32 Å². The third-order valence-corrected chi connectivity index (χ3v) is 4.19. The maximum absolute atomic E-state index is 12.6. The Kier molecular flexibility index (Phi) is 5.28. The van der Waals surface area contributed by atoms with Gasteiger partial charge in [-0.15, -0.1) is 0 Å². The second-order valence-corrected chi connectivity index (χ2v) is 9.15. The third-order valence-electron chi connectivity index (χ3n) is 4.19. The molecule has 0 saturated heterocycles. The minimum absolute atomic E-state index is 0.0678. The van der Waals surface area contributed by atoms with E-state index in [0.717, 1.165) is 12.8 Å². The number of rotatable bonds is 5. The molecule has 1 rings (SSSR count). The van der Waals surface area contributed by atoms with Crippen LogP contribution in [0.25, 0.3) is 0 Å². The molecule has 0 spiro atoms. The Balaban J connectivity index is 2.72. The van der Waals surface area contributed by atoms with E-state index in [1.807, 2.05) is 41.5 Å². The van der Waals surface area contributed by atoms with Gasteiger partial charge in [0.25, 0.3) is 0 Å². The number of carbonyl (C=O) groups is 2. The Hall–Kier alpha value is -0.860. The molecule has 0 bridgehead atoms. The van der Waals surface area contributed by atoms with Crippen molar-refractivity contribution >= 4 is 11.7 Å². The van der Waals surface area contributed by atoms with Crippen LogP contribution in [0.1, 0.15) is 68.2 Å². The van der Waals surface area contributed by atoms with E-state index in [9.17, 15) is 9.59 Å². The van der Waals surface area contributed by atoms with E-state index in [2.05, 4.69) is 19.2 Å². The predicted molar refractivity (Wildman–Crippen MR) is 86.9 cm³/mol. The topological polar surface area (TPSA) is 46.2 Å². The quantitative estimate of drug-likeness (QED) is 0.838. The van der Waals surface area contributed by atoms with E-state index in [4.69, 9.17) is 0 Å². The Morgan fingerprint density at radius 3 is 2.00 bits per heavy atom. The summed E-state index contributed by atoms with van der Waals surface area (Å²) in [6.07, 6.45) is 2.08. The molecule has 1 unspecified atom stereocenters. The molecule has 3 nitrogen and oxygen atoms in total. The molecular formula is C18H33NO2. The van der Waals surface area contributed by atoms with Crippen molar-refractivity contribution in [2.75, 3.05) is 0 Å². The van der Waals surface area contributed by atoms with Crippen LogP contribution in [0.15, 0.2) is 0 Å². The Labute approximate surface area is 130 Å². The minimum atomic E-state index is -0.438. The van der Waals surface area contributed by atoms with Crippen molar-refractivity contribution in [2.24, 2.45) is 28.6 Å². The second-order valence-electron chi connectivity index (χ2n) is 9.15. The molecule has 1 saturated carbocycles. The normalized spacial score (nSPS) is 23.9. The lowest BCUT2D eigenvalue weighted by atomic mass is 9.75. The molecule has 1 amide bonds. The lowest BCUT2D eigenvalue weighted by Crippen LogP contribution is -2.53. The van der Waals surface area contributed by atoms with Gasteiger partial charge >= 0.3 is 0 Å². The van der Waals surface area contributed by atoms with Gasteiger partial charge in [0.2, 0.25) is 5.91 Å². The first kappa shape index (κ1) is 18.2. The summed E-state index contributed by atoms with van der Waals surface area (Å²) < 4.78 is 0. The molecule has 122 valence electrons. The highest BCUT2D eigenvalue weighted by molar-refractivity contribution is 5.94. The molecular weight excluding hydrogens is 262 g/mol. The van der Waals surface area contributed by atoms with Crippen LogP contribution in [-0.4, -0.2) is 17.7 Å². The number of carbonyl (C=O) groups excluding carboxylic acids is 2. The molecule has 1 aliphatic rings. The fourth-order valence-electron chi connectivity index (χ4n) is 2.79. The molecule has 1 N–H and O–H groups in total. The van der Waals surface area contributed by atoms with Crippen molar-refractivity contribution in [3.05, 3.63) is 0 Å². The molecule has 0 aliphatic heterocycles. The first-order valence-corrected chi connectivity index (χ1v) is 8.18. The first-order chi connectivity index (χ1) is 9.34. The van der Waals surface area contributed by atoms with Gasteiger partial charge < -0.3 is 5.32 Å². The van der Waals surface area contributed by atoms with Gasteiger partial charge in [-0.2, -0.15) is 0 Å². The van der Waals surface area contributed by atoms with Crippen LogP contribution in [0.4, 0.5) is 0 Å². The van der Waals surface area contributed by atoms with Crippen molar-refractivity contribution in [3.8, 4) is 0 Å². The Bertz CT molecular complexity index is 398. The number of Topliss-reactive ketones (excluding diaryl/α,β-unsaturated/α-hetero) is 1. The SMILES string of the molecule is CC(C)C[C@@H]1C[C@H]1C(=O)NC(C(=O)C(C)(C)C)C(C)(C)C. The molecule has 21 heavy (non-hydrogen) atoms. The summed E-state index contributed by atoms with van der Waals surface area (Å²) in [6.45, 7) is 16.2. The van der Waals surface area contributed by atoms with E-state index in [1.165, 1.54) is 0 Å². The highest BCUT2D eigenvalue weighted by Crippen LogP contribution is 2.43. The predicted octanol–water partition coefficient (Wildman–Crippen LogP) is 3.81. The molecule has 0 radical (unpaired) electrons. The summed E-state index contributed by atoms with van der Waals surface area (Å²) in [6, 6.07) is -0.412. The van der Waals surface area contributed by atoms with Gasteiger partial charge in [-0.3, -0.25) is 9.59 Å². The largest absolute Gasteiger partial charge is 0.345 e. The van der Waals surface area contributed by atoms with E-state index < -0.39 is 11.5 Å². The number of hydrogen-bond donors (Lipinski definition) is 1.